The zero-order chi connectivity index (χ0) is 16.2. The van der Waals surface area contributed by atoms with Gasteiger partial charge in [-0.1, -0.05) is 6.07 Å². The van der Waals surface area contributed by atoms with Gasteiger partial charge in [-0.25, -0.2) is 4.39 Å². The van der Waals surface area contributed by atoms with Crippen LogP contribution >= 0.6 is 11.8 Å². The molecular formula is C17H21FN2O2S. The summed E-state index contributed by atoms with van der Waals surface area (Å²) in [5, 5.41) is 2.88. The second-order valence-corrected chi connectivity index (χ2v) is 7.41. The highest BCUT2D eigenvalue weighted by atomic mass is 32.2. The minimum Gasteiger partial charge on any atom is -0.342 e. The summed E-state index contributed by atoms with van der Waals surface area (Å²) in [7, 11) is 0. The van der Waals surface area contributed by atoms with Crippen LogP contribution in [0.4, 0.5) is 10.1 Å². The van der Waals surface area contributed by atoms with Crippen LogP contribution < -0.4 is 5.32 Å². The van der Waals surface area contributed by atoms with Gasteiger partial charge in [0.2, 0.25) is 11.8 Å². The van der Waals surface area contributed by atoms with E-state index < -0.39 is 0 Å². The maximum atomic E-state index is 13.2. The van der Waals surface area contributed by atoms with E-state index in [1.807, 2.05) is 4.90 Å². The molecule has 2 heterocycles. The number of piperidine rings is 1. The number of amides is 2. The quantitative estimate of drug-likeness (QED) is 0.923. The molecule has 0 aromatic heterocycles. The fourth-order valence-electron chi connectivity index (χ4n) is 3.15. The highest BCUT2D eigenvalue weighted by Crippen LogP contribution is 2.29. The van der Waals surface area contributed by atoms with E-state index >= 15 is 0 Å². The van der Waals surface area contributed by atoms with Crippen LogP contribution in [0, 0.1) is 11.7 Å². The Labute approximate surface area is 139 Å². The lowest BCUT2D eigenvalue weighted by molar-refractivity contribution is -0.134. The van der Waals surface area contributed by atoms with Crippen molar-refractivity contribution < 1.29 is 14.0 Å². The fourth-order valence-corrected chi connectivity index (χ4v) is 4.39. The number of thioether (sulfide) groups is 1. The number of nitrogens with one attached hydrogen (secondary N) is 1. The molecule has 2 saturated heterocycles. The van der Waals surface area contributed by atoms with Gasteiger partial charge in [-0.3, -0.25) is 9.59 Å². The minimum atomic E-state index is -0.364. The Morgan fingerprint density at radius 2 is 2.00 bits per heavy atom. The molecule has 4 nitrogen and oxygen atoms in total. The Bertz CT molecular complexity index is 582. The lowest BCUT2D eigenvalue weighted by Crippen LogP contribution is -2.44. The summed E-state index contributed by atoms with van der Waals surface area (Å²) >= 11 is 1.75. The number of carbonyl (C=O) groups excluding carboxylic acids is 2. The van der Waals surface area contributed by atoms with Crippen LogP contribution in [0.15, 0.2) is 24.3 Å². The van der Waals surface area contributed by atoms with Crippen LogP contribution in [0.25, 0.3) is 0 Å². The van der Waals surface area contributed by atoms with Crippen LogP contribution in [0.1, 0.15) is 25.7 Å². The van der Waals surface area contributed by atoms with Gasteiger partial charge in [0, 0.05) is 24.7 Å². The summed E-state index contributed by atoms with van der Waals surface area (Å²) in [5.41, 5.74) is 0.482. The van der Waals surface area contributed by atoms with E-state index in [1.165, 1.54) is 12.1 Å². The maximum Gasteiger partial charge on any atom is 0.235 e. The van der Waals surface area contributed by atoms with Crippen molar-refractivity contribution in [3.8, 4) is 0 Å². The third-order valence-corrected chi connectivity index (χ3v) is 5.84. The first kappa shape index (κ1) is 16.3. The predicted molar refractivity (Wildman–Crippen MR) is 89.8 cm³/mol. The monoisotopic (exact) mass is 336 g/mol. The summed E-state index contributed by atoms with van der Waals surface area (Å²) in [5.74, 6) is 0.744. The molecule has 6 heteroatoms. The summed E-state index contributed by atoms with van der Waals surface area (Å²) < 4.78 is 13.2. The Hall–Kier alpha value is -1.56. The number of carbonyl (C=O) groups is 2. The number of benzene rings is 1. The number of likely N-dealkylation sites (tertiary alicyclic amines) is 1. The van der Waals surface area contributed by atoms with E-state index in [9.17, 15) is 14.0 Å². The van der Waals surface area contributed by atoms with Crippen LogP contribution in [0.5, 0.6) is 0 Å². The van der Waals surface area contributed by atoms with Crippen LogP contribution in [0.2, 0.25) is 0 Å². The molecule has 0 radical (unpaired) electrons. The van der Waals surface area contributed by atoms with E-state index in [0.29, 0.717) is 31.6 Å². The van der Waals surface area contributed by atoms with Crippen molar-refractivity contribution in [3.05, 3.63) is 30.1 Å². The van der Waals surface area contributed by atoms with Crippen molar-refractivity contribution in [1.29, 1.82) is 0 Å². The molecule has 1 N–H and O–H groups in total. The van der Waals surface area contributed by atoms with Crippen molar-refractivity contribution in [2.45, 2.75) is 30.9 Å². The highest BCUT2D eigenvalue weighted by molar-refractivity contribution is 8.00. The van der Waals surface area contributed by atoms with Crippen LogP contribution in [-0.4, -0.2) is 40.8 Å². The molecule has 1 aromatic carbocycles. The Kier molecular flexibility index (Phi) is 5.20. The molecular weight excluding hydrogens is 315 g/mol. The van der Waals surface area contributed by atoms with Gasteiger partial charge in [-0.05, 0) is 49.6 Å². The first-order valence-corrected chi connectivity index (χ1v) is 9.15. The first-order chi connectivity index (χ1) is 11.1. The molecule has 0 bridgehead atoms. The number of hydrogen-bond donors (Lipinski definition) is 1. The Morgan fingerprint density at radius 1 is 1.22 bits per heavy atom. The largest absolute Gasteiger partial charge is 0.342 e. The predicted octanol–water partition coefficient (Wildman–Crippen LogP) is 2.90. The molecule has 2 amide bonds. The van der Waals surface area contributed by atoms with Gasteiger partial charge >= 0.3 is 0 Å². The van der Waals surface area contributed by atoms with E-state index in [-0.39, 0.29) is 28.8 Å². The molecule has 0 spiro atoms. The minimum absolute atomic E-state index is 0.0852. The average molecular weight is 336 g/mol. The second-order valence-electron chi connectivity index (χ2n) is 6.10. The molecule has 0 saturated carbocycles. The lowest BCUT2D eigenvalue weighted by atomic mass is 9.95. The standard InChI is InChI=1S/C17H21FN2O2S/c18-13-3-1-4-14(11-13)19-16(21)12-6-8-20(9-7-12)17(22)15-5-2-10-23-15/h1,3-4,11-12,15H,2,5-10H2,(H,19,21). The first-order valence-electron chi connectivity index (χ1n) is 8.10. The number of anilines is 1. The van der Waals surface area contributed by atoms with Gasteiger partial charge in [0.1, 0.15) is 5.82 Å². The zero-order valence-corrected chi connectivity index (χ0v) is 13.8. The van der Waals surface area contributed by atoms with E-state index in [2.05, 4.69) is 5.32 Å². The molecule has 2 aliphatic heterocycles. The molecule has 2 aliphatic rings. The molecule has 1 unspecified atom stereocenters. The van der Waals surface area contributed by atoms with Crippen molar-refractivity contribution in [2.75, 3.05) is 24.2 Å². The van der Waals surface area contributed by atoms with Gasteiger partial charge < -0.3 is 10.2 Å². The van der Waals surface area contributed by atoms with Gasteiger partial charge in [-0.2, -0.15) is 0 Å². The summed E-state index contributed by atoms with van der Waals surface area (Å²) in [6, 6.07) is 5.91. The van der Waals surface area contributed by atoms with Gasteiger partial charge in [0.15, 0.2) is 0 Å². The van der Waals surface area contributed by atoms with Crippen LogP contribution in [-0.2, 0) is 9.59 Å². The molecule has 0 aliphatic carbocycles. The third kappa shape index (κ3) is 4.05. The average Bonchev–Trinajstić information content (AvgIpc) is 3.09. The molecule has 2 fully saturated rings. The van der Waals surface area contributed by atoms with Gasteiger partial charge in [0.05, 0.1) is 5.25 Å². The summed E-state index contributed by atoms with van der Waals surface area (Å²) in [4.78, 5) is 26.5. The zero-order valence-electron chi connectivity index (χ0n) is 13.0. The second kappa shape index (κ2) is 7.34. The summed E-state index contributed by atoms with van der Waals surface area (Å²) in [6.45, 7) is 1.27. The highest BCUT2D eigenvalue weighted by Gasteiger charge is 2.32. The fraction of sp³-hybridized carbons (Fsp3) is 0.529. The van der Waals surface area contributed by atoms with Crippen LogP contribution in [0.3, 0.4) is 0 Å². The van der Waals surface area contributed by atoms with Gasteiger partial charge in [0.25, 0.3) is 0 Å². The molecule has 124 valence electrons. The SMILES string of the molecule is O=C(Nc1cccc(F)c1)C1CCN(C(=O)C2CCCS2)CC1. The molecule has 23 heavy (non-hydrogen) atoms. The normalized spacial score (nSPS) is 22.1. The summed E-state index contributed by atoms with van der Waals surface area (Å²) in [6.07, 6.45) is 3.44. The van der Waals surface area contributed by atoms with E-state index in [0.717, 1.165) is 18.6 Å². The van der Waals surface area contributed by atoms with E-state index in [1.54, 1.807) is 23.9 Å². The number of nitrogens with zero attached hydrogens (tertiary/aromatic N) is 1. The topological polar surface area (TPSA) is 49.4 Å². The number of hydrogen-bond acceptors (Lipinski definition) is 3. The van der Waals surface area contributed by atoms with Crippen molar-refractivity contribution in [3.63, 3.8) is 0 Å². The maximum absolute atomic E-state index is 13.2. The smallest absolute Gasteiger partial charge is 0.235 e. The molecule has 3 rings (SSSR count). The van der Waals surface area contributed by atoms with Crippen molar-refractivity contribution >= 4 is 29.3 Å². The van der Waals surface area contributed by atoms with E-state index in [4.69, 9.17) is 0 Å². The molecule has 1 aromatic rings. The third-order valence-electron chi connectivity index (χ3n) is 4.47. The Morgan fingerprint density at radius 3 is 2.65 bits per heavy atom. The van der Waals surface area contributed by atoms with Crippen molar-refractivity contribution in [1.82, 2.24) is 4.90 Å². The molecule has 1 atom stereocenters. The van der Waals surface area contributed by atoms with Gasteiger partial charge in [-0.15, -0.1) is 11.8 Å². The number of halogens is 1. The lowest BCUT2D eigenvalue weighted by Gasteiger charge is -2.32. The number of rotatable bonds is 3. The van der Waals surface area contributed by atoms with Crippen molar-refractivity contribution in [2.24, 2.45) is 5.92 Å². The Balaban J connectivity index is 1.50.